The van der Waals surface area contributed by atoms with E-state index in [1.165, 1.54) is 51.4 Å². The molecule has 0 bridgehead atoms. The molecule has 2 saturated carbocycles. The monoisotopic (exact) mass is 251 g/mol. The van der Waals surface area contributed by atoms with Gasteiger partial charge in [0.2, 0.25) is 0 Å². The molecule has 1 N–H and O–H groups in total. The molecule has 0 amide bonds. The number of nitrogens with one attached hydrogen (secondary N) is 1. The zero-order valence-corrected chi connectivity index (χ0v) is 13.0. The van der Waals surface area contributed by atoms with Crippen molar-refractivity contribution in [3.63, 3.8) is 0 Å². The van der Waals surface area contributed by atoms with E-state index >= 15 is 0 Å². The lowest BCUT2D eigenvalue weighted by molar-refractivity contribution is 0.126. The molecule has 18 heavy (non-hydrogen) atoms. The third kappa shape index (κ3) is 3.29. The smallest absolute Gasteiger partial charge is 0.00698 e. The van der Waals surface area contributed by atoms with Crippen LogP contribution in [0.4, 0.5) is 0 Å². The van der Waals surface area contributed by atoms with Crippen molar-refractivity contribution in [1.29, 1.82) is 0 Å². The summed E-state index contributed by atoms with van der Waals surface area (Å²) in [6, 6.07) is 1.57. The molecule has 0 saturated heterocycles. The Morgan fingerprint density at radius 2 is 1.67 bits per heavy atom. The molecule has 0 spiro atoms. The summed E-state index contributed by atoms with van der Waals surface area (Å²) in [6.45, 7) is 9.68. The van der Waals surface area contributed by atoms with Gasteiger partial charge in [0.25, 0.3) is 0 Å². The molecule has 1 atom stereocenters. The van der Waals surface area contributed by atoms with Crippen LogP contribution in [0, 0.1) is 17.3 Å². The molecular formula is C17H33N. The van der Waals surface area contributed by atoms with Crippen LogP contribution in [0.3, 0.4) is 0 Å². The van der Waals surface area contributed by atoms with E-state index in [1.54, 1.807) is 0 Å². The number of hydrogen-bond acceptors (Lipinski definition) is 1. The van der Waals surface area contributed by atoms with Crippen molar-refractivity contribution < 1.29 is 0 Å². The Morgan fingerprint density at radius 3 is 2.11 bits per heavy atom. The molecule has 1 nitrogen and oxygen atoms in total. The molecule has 0 aromatic rings. The van der Waals surface area contributed by atoms with E-state index in [4.69, 9.17) is 0 Å². The normalized spacial score (nSPS) is 32.0. The van der Waals surface area contributed by atoms with Gasteiger partial charge in [0, 0.05) is 12.1 Å². The van der Waals surface area contributed by atoms with Crippen LogP contribution in [0.2, 0.25) is 0 Å². The Hall–Kier alpha value is -0.0400. The molecule has 1 unspecified atom stereocenters. The van der Waals surface area contributed by atoms with Gasteiger partial charge in [0.15, 0.2) is 0 Å². The molecule has 0 heterocycles. The highest BCUT2D eigenvalue weighted by Crippen LogP contribution is 2.40. The Labute approximate surface area is 114 Å². The molecule has 0 radical (unpaired) electrons. The Balaban J connectivity index is 1.73. The predicted octanol–water partition coefficient (Wildman–Crippen LogP) is 4.76. The molecule has 1 heteroatoms. The molecule has 2 aliphatic carbocycles. The summed E-state index contributed by atoms with van der Waals surface area (Å²) in [5, 5.41) is 3.91. The van der Waals surface area contributed by atoms with E-state index in [1.807, 2.05) is 0 Å². The van der Waals surface area contributed by atoms with Crippen molar-refractivity contribution in [1.82, 2.24) is 5.32 Å². The minimum atomic E-state index is 0.560. The molecule has 0 aliphatic heterocycles. The fourth-order valence-electron chi connectivity index (χ4n) is 3.78. The van der Waals surface area contributed by atoms with Gasteiger partial charge in [0.05, 0.1) is 0 Å². The van der Waals surface area contributed by atoms with Crippen LogP contribution in [0.25, 0.3) is 0 Å². The molecule has 0 aromatic heterocycles. The fourth-order valence-corrected chi connectivity index (χ4v) is 3.78. The quantitative estimate of drug-likeness (QED) is 0.743. The first-order valence-corrected chi connectivity index (χ1v) is 8.29. The lowest BCUT2D eigenvalue weighted by Crippen LogP contribution is -2.45. The maximum absolute atomic E-state index is 3.91. The summed E-state index contributed by atoms with van der Waals surface area (Å²) in [5.41, 5.74) is 0.560. The van der Waals surface area contributed by atoms with Crippen LogP contribution in [-0.2, 0) is 0 Å². The largest absolute Gasteiger partial charge is 0.311 e. The second-order valence-corrected chi connectivity index (χ2v) is 7.54. The van der Waals surface area contributed by atoms with Gasteiger partial charge in [-0.05, 0) is 62.7 Å². The van der Waals surface area contributed by atoms with Crippen molar-refractivity contribution >= 4 is 0 Å². The average Bonchev–Trinajstić information content (AvgIpc) is 2.27. The highest BCUT2D eigenvalue weighted by molar-refractivity contribution is 4.88. The van der Waals surface area contributed by atoms with Gasteiger partial charge >= 0.3 is 0 Å². The highest BCUT2D eigenvalue weighted by Gasteiger charge is 2.33. The minimum Gasteiger partial charge on any atom is -0.311 e. The van der Waals surface area contributed by atoms with Crippen molar-refractivity contribution in [3.8, 4) is 0 Å². The molecule has 106 valence electrons. The second kappa shape index (κ2) is 5.94. The van der Waals surface area contributed by atoms with Crippen LogP contribution >= 0.6 is 0 Å². The van der Waals surface area contributed by atoms with E-state index in [0.717, 1.165) is 23.9 Å². The highest BCUT2D eigenvalue weighted by atomic mass is 15.0. The number of rotatable bonds is 5. The zero-order chi connectivity index (χ0) is 13.2. The van der Waals surface area contributed by atoms with E-state index in [9.17, 15) is 0 Å². The van der Waals surface area contributed by atoms with Crippen LogP contribution in [0.5, 0.6) is 0 Å². The van der Waals surface area contributed by atoms with E-state index in [2.05, 4.69) is 33.0 Å². The lowest BCUT2D eigenvalue weighted by atomic mass is 9.68. The standard InChI is InChI=1S/C17H33N/c1-5-17(3,4)15-9-11-16(12-10-15)18-13(2)14-7-6-8-14/h13-16,18H,5-12H2,1-4H3. The molecule has 2 fully saturated rings. The van der Waals surface area contributed by atoms with E-state index < -0.39 is 0 Å². The molecule has 2 rings (SSSR count). The Morgan fingerprint density at radius 1 is 1.06 bits per heavy atom. The van der Waals surface area contributed by atoms with Gasteiger partial charge in [0.1, 0.15) is 0 Å². The molecule has 2 aliphatic rings. The second-order valence-electron chi connectivity index (χ2n) is 7.54. The summed E-state index contributed by atoms with van der Waals surface area (Å²) in [7, 11) is 0. The van der Waals surface area contributed by atoms with Crippen LogP contribution in [0.15, 0.2) is 0 Å². The summed E-state index contributed by atoms with van der Waals surface area (Å²) >= 11 is 0. The van der Waals surface area contributed by atoms with Gasteiger partial charge in [-0.3, -0.25) is 0 Å². The van der Waals surface area contributed by atoms with E-state index in [0.29, 0.717) is 5.41 Å². The SMILES string of the molecule is CCC(C)(C)C1CCC(NC(C)C2CCC2)CC1. The van der Waals surface area contributed by atoms with Gasteiger partial charge in [-0.1, -0.05) is 33.6 Å². The van der Waals surface area contributed by atoms with Gasteiger partial charge < -0.3 is 5.32 Å². The summed E-state index contributed by atoms with van der Waals surface area (Å²) in [5.74, 6) is 1.94. The van der Waals surface area contributed by atoms with Crippen molar-refractivity contribution in [2.45, 2.75) is 91.1 Å². The summed E-state index contributed by atoms with van der Waals surface area (Å²) in [6.07, 6.45) is 11.4. The lowest BCUT2D eigenvalue weighted by Gasteiger charge is -2.41. The predicted molar refractivity (Wildman–Crippen MR) is 79.8 cm³/mol. The Bertz CT molecular complexity index is 246. The average molecular weight is 251 g/mol. The van der Waals surface area contributed by atoms with Gasteiger partial charge in [-0.25, -0.2) is 0 Å². The number of hydrogen-bond donors (Lipinski definition) is 1. The van der Waals surface area contributed by atoms with E-state index in [-0.39, 0.29) is 0 Å². The van der Waals surface area contributed by atoms with Crippen LogP contribution in [0.1, 0.15) is 79.1 Å². The summed E-state index contributed by atoms with van der Waals surface area (Å²) < 4.78 is 0. The molecular weight excluding hydrogens is 218 g/mol. The van der Waals surface area contributed by atoms with Crippen molar-refractivity contribution in [2.24, 2.45) is 17.3 Å². The van der Waals surface area contributed by atoms with Crippen molar-refractivity contribution in [2.75, 3.05) is 0 Å². The first kappa shape index (κ1) is 14.4. The van der Waals surface area contributed by atoms with Gasteiger partial charge in [-0.2, -0.15) is 0 Å². The third-order valence-corrected chi connectivity index (χ3v) is 6.10. The first-order chi connectivity index (χ1) is 8.53. The van der Waals surface area contributed by atoms with Crippen LogP contribution in [-0.4, -0.2) is 12.1 Å². The third-order valence-electron chi connectivity index (χ3n) is 6.10. The topological polar surface area (TPSA) is 12.0 Å². The maximum atomic E-state index is 3.91. The minimum absolute atomic E-state index is 0.560. The maximum Gasteiger partial charge on any atom is 0.00698 e. The fraction of sp³-hybridized carbons (Fsp3) is 1.00. The summed E-state index contributed by atoms with van der Waals surface area (Å²) in [4.78, 5) is 0. The molecule has 0 aromatic carbocycles. The first-order valence-electron chi connectivity index (χ1n) is 8.29. The van der Waals surface area contributed by atoms with Crippen LogP contribution < -0.4 is 5.32 Å². The zero-order valence-electron chi connectivity index (χ0n) is 13.0. The Kier molecular flexibility index (Phi) is 4.75. The van der Waals surface area contributed by atoms with Crippen molar-refractivity contribution in [3.05, 3.63) is 0 Å². The van der Waals surface area contributed by atoms with Gasteiger partial charge in [-0.15, -0.1) is 0 Å².